The predicted molar refractivity (Wildman–Crippen MR) is 82.3 cm³/mol. The number of aryl methyl sites for hydroxylation is 1. The fraction of sp³-hybridized carbons (Fsp3) is 0.438. The highest BCUT2D eigenvalue weighted by Gasteiger charge is 2.38. The van der Waals surface area contributed by atoms with Gasteiger partial charge in [-0.05, 0) is 18.4 Å². The van der Waals surface area contributed by atoms with Gasteiger partial charge in [-0.1, -0.05) is 35.5 Å². The van der Waals surface area contributed by atoms with Gasteiger partial charge < -0.3 is 14.7 Å². The smallest absolute Gasteiger partial charge is 0.410 e. The third-order valence-electron chi connectivity index (χ3n) is 4.25. The second kappa shape index (κ2) is 6.37. The first-order valence-corrected chi connectivity index (χ1v) is 7.62. The molecule has 1 aromatic carbocycles. The molecule has 2 aromatic rings. The van der Waals surface area contributed by atoms with Gasteiger partial charge >= 0.3 is 6.09 Å². The van der Waals surface area contributed by atoms with Gasteiger partial charge in [0.2, 0.25) is 0 Å². The van der Waals surface area contributed by atoms with Crippen molar-refractivity contribution in [1.82, 2.24) is 19.9 Å². The first-order valence-electron chi connectivity index (χ1n) is 7.62. The van der Waals surface area contributed by atoms with E-state index in [1.54, 1.807) is 22.8 Å². The van der Waals surface area contributed by atoms with E-state index in [1.807, 2.05) is 30.3 Å². The van der Waals surface area contributed by atoms with Crippen molar-refractivity contribution >= 4 is 6.09 Å². The van der Waals surface area contributed by atoms with E-state index in [4.69, 9.17) is 4.74 Å². The maximum absolute atomic E-state index is 12.1. The lowest BCUT2D eigenvalue weighted by atomic mass is 9.88. The number of rotatable bonds is 3. The highest BCUT2D eigenvalue weighted by molar-refractivity contribution is 5.67. The number of aromatic nitrogens is 3. The summed E-state index contributed by atoms with van der Waals surface area (Å²) >= 11 is 0. The summed E-state index contributed by atoms with van der Waals surface area (Å²) < 4.78 is 6.90. The van der Waals surface area contributed by atoms with E-state index < -0.39 is 5.60 Å². The van der Waals surface area contributed by atoms with Crippen molar-refractivity contribution in [3.63, 3.8) is 0 Å². The summed E-state index contributed by atoms with van der Waals surface area (Å²) in [5, 5.41) is 18.4. The van der Waals surface area contributed by atoms with Gasteiger partial charge in [-0.3, -0.25) is 0 Å². The number of aliphatic hydroxyl groups is 1. The number of likely N-dealkylation sites (tertiary alicyclic amines) is 1. The van der Waals surface area contributed by atoms with Crippen molar-refractivity contribution in [2.24, 2.45) is 7.05 Å². The molecule has 0 spiro atoms. The zero-order chi connectivity index (χ0) is 16.3. The van der Waals surface area contributed by atoms with Crippen molar-refractivity contribution in [3.05, 3.63) is 47.8 Å². The zero-order valence-electron chi connectivity index (χ0n) is 13.1. The summed E-state index contributed by atoms with van der Waals surface area (Å²) in [6.07, 6.45) is 2.10. The molecule has 3 rings (SSSR count). The average Bonchev–Trinajstić information content (AvgIpc) is 3.01. The Morgan fingerprint density at radius 1 is 1.30 bits per heavy atom. The molecule has 23 heavy (non-hydrogen) atoms. The Morgan fingerprint density at radius 2 is 2.00 bits per heavy atom. The van der Waals surface area contributed by atoms with Crippen LogP contribution in [-0.4, -0.2) is 44.2 Å². The Bertz CT molecular complexity index is 663. The molecule has 1 aliphatic rings. The Hall–Kier alpha value is -2.41. The third kappa shape index (κ3) is 3.34. The highest BCUT2D eigenvalue weighted by atomic mass is 16.6. The van der Waals surface area contributed by atoms with Crippen LogP contribution < -0.4 is 0 Å². The first kappa shape index (κ1) is 15.5. The summed E-state index contributed by atoms with van der Waals surface area (Å²) in [5.41, 5.74) is 0.638. The molecule has 0 bridgehead atoms. The lowest BCUT2D eigenvalue weighted by molar-refractivity contribution is -0.0312. The van der Waals surface area contributed by atoms with Crippen molar-refractivity contribution in [1.29, 1.82) is 0 Å². The maximum atomic E-state index is 12.1. The van der Waals surface area contributed by atoms with Crippen LogP contribution in [0.1, 0.15) is 24.1 Å². The minimum atomic E-state index is -0.992. The van der Waals surface area contributed by atoms with Gasteiger partial charge in [0.1, 0.15) is 12.2 Å². The van der Waals surface area contributed by atoms with Crippen LogP contribution in [0, 0.1) is 0 Å². The Labute approximate surface area is 134 Å². The molecule has 0 saturated carbocycles. The van der Waals surface area contributed by atoms with Gasteiger partial charge in [0.25, 0.3) is 0 Å². The maximum Gasteiger partial charge on any atom is 0.410 e. The molecule has 1 amide bonds. The van der Waals surface area contributed by atoms with Gasteiger partial charge in [-0.15, -0.1) is 5.10 Å². The average molecular weight is 316 g/mol. The number of amides is 1. The van der Waals surface area contributed by atoms with E-state index in [9.17, 15) is 9.90 Å². The molecule has 1 aliphatic heterocycles. The molecule has 2 heterocycles. The molecule has 1 saturated heterocycles. The first-order chi connectivity index (χ1) is 11.1. The van der Waals surface area contributed by atoms with Crippen LogP contribution in [0.4, 0.5) is 4.79 Å². The summed E-state index contributed by atoms with van der Waals surface area (Å²) in [4.78, 5) is 13.8. The predicted octanol–water partition coefficient (Wildman–Crippen LogP) is 1.44. The van der Waals surface area contributed by atoms with Crippen LogP contribution >= 0.6 is 0 Å². The summed E-state index contributed by atoms with van der Waals surface area (Å²) in [6.45, 7) is 1.14. The molecule has 0 unspecified atom stereocenters. The Kier molecular flexibility index (Phi) is 4.29. The van der Waals surface area contributed by atoms with E-state index in [2.05, 4.69) is 10.3 Å². The largest absolute Gasteiger partial charge is 0.445 e. The molecule has 0 atom stereocenters. The number of ether oxygens (including phenoxy) is 1. The van der Waals surface area contributed by atoms with Crippen LogP contribution in [0.25, 0.3) is 0 Å². The Balaban J connectivity index is 1.54. The van der Waals surface area contributed by atoms with Gasteiger partial charge in [0.15, 0.2) is 0 Å². The number of piperidine rings is 1. The standard InChI is InChI=1S/C16H20N4O3/c1-19-14(11-17-18-19)16(22)7-9-20(10-8-16)15(21)23-12-13-5-3-2-4-6-13/h2-6,11,22H,7-10,12H2,1H3. The monoisotopic (exact) mass is 316 g/mol. The minimum Gasteiger partial charge on any atom is -0.445 e. The van der Waals surface area contributed by atoms with Gasteiger partial charge in [-0.2, -0.15) is 0 Å². The second-order valence-corrected chi connectivity index (χ2v) is 5.80. The van der Waals surface area contributed by atoms with Crippen LogP contribution in [0.2, 0.25) is 0 Å². The lowest BCUT2D eigenvalue weighted by Gasteiger charge is -2.37. The molecule has 7 nitrogen and oxygen atoms in total. The minimum absolute atomic E-state index is 0.256. The summed E-state index contributed by atoms with van der Waals surface area (Å²) in [7, 11) is 1.75. The van der Waals surface area contributed by atoms with Crippen molar-refractivity contribution in [2.45, 2.75) is 25.0 Å². The lowest BCUT2D eigenvalue weighted by Crippen LogP contribution is -2.46. The van der Waals surface area contributed by atoms with Gasteiger partial charge in [0, 0.05) is 20.1 Å². The number of hydrogen-bond donors (Lipinski definition) is 1. The molecule has 1 N–H and O–H groups in total. The van der Waals surface area contributed by atoms with Crippen molar-refractivity contribution in [2.75, 3.05) is 13.1 Å². The van der Waals surface area contributed by atoms with Crippen molar-refractivity contribution in [3.8, 4) is 0 Å². The number of carbonyl (C=O) groups excluding carboxylic acids is 1. The molecule has 7 heteroatoms. The van der Waals surface area contributed by atoms with Gasteiger partial charge in [0.05, 0.1) is 11.9 Å². The van der Waals surface area contributed by atoms with E-state index >= 15 is 0 Å². The normalized spacial score (nSPS) is 17.0. The quantitative estimate of drug-likeness (QED) is 0.926. The summed E-state index contributed by atoms with van der Waals surface area (Å²) in [6, 6.07) is 9.57. The topological polar surface area (TPSA) is 80.5 Å². The molecular weight excluding hydrogens is 296 g/mol. The van der Waals surface area contributed by atoms with Crippen LogP contribution in [-0.2, 0) is 24.0 Å². The molecule has 1 fully saturated rings. The fourth-order valence-corrected chi connectivity index (χ4v) is 2.84. The number of carbonyl (C=O) groups is 1. The summed E-state index contributed by atoms with van der Waals surface area (Å²) in [5.74, 6) is 0. The Morgan fingerprint density at radius 3 is 2.61 bits per heavy atom. The molecule has 0 radical (unpaired) electrons. The fourth-order valence-electron chi connectivity index (χ4n) is 2.84. The molecule has 0 aliphatic carbocycles. The van der Waals surface area contributed by atoms with E-state index in [-0.39, 0.29) is 12.7 Å². The van der Waals surface area contributed by atoms with Crippen LogP contribution in [0.3, 0.4) is 0 Å². The van der Waals surface area contributed by atoms with E-state index in [0.29, 0.717) is 31.6 Å². The van der Waals surface area contributed by atoms with Gasteiger partial charge in [-0.25, -0.2) is 9.48 Å². The van der Waals surface area contributed by atoms with E-state index in [1.165, 1.54) is 0 Å². The number of hydrogen-bond acceptors (Lipinski definition) is 5. The highest BCUT2D eigenvalue weighted by Crippen LogP contribution is 2.32. The third-order valence-corrected chi connectivity index (χ3v) is 4.25. The van der Waals surface area contributed by atoms with Crippen molar-refractivity contribution < 1.29 is 14.6 Å². The SMILES string of the molecule is Cn1nncc1C1(O)CCN(C(=O)OCc2ccccc2)CC1. The zero-order valence-corrected chi connectivity index (χ0v) is 13.1. The molecule has 122 valence electrons. The molecular formula is C16H20N4O3. The second-order valence-electron chi connectivity index (χ2n) is 5.80. The van der Waals surface area contributed by atoms with E-state index in [0.717, 1.165) is 5.56 Å². The number of benzene rings is 1. The molecule has 1 aromatic heterocycles. The van der Waals surface area contributed by atoms with Crippen LogP contribution in [0.5, 0.6) is 0 Å². The van der Waals surface area contributed by atoms with Crippen LogP contribution in [0.15, 0.2) is 36.5 Å². The number of nitrogens with zero attached hydrogens (tertiary/aromatic N) is 4.